The molecular formula is C32H35Cl2NO8. The van der Waals surface area contributed by atoms with Crippen LogP contribution < -0.4 is 14.8 Å². The van der Waals surface area contributed by atoms with Gasteiger partial charge in [0.1, 0.15) is 17.5 Å². The van der Waals surface area contributed by atoms with Gasteiger partial charge in [0.2, 0.25) is 0 Å². The molecule has 1 atom stereocenters. The van der Waals surface area contributed by atoms with E-state index in [1.54, 1.807) is 26.4 Å². The quantitative estimate of drug-likeness (QED) is 0.145. The second kappa shape index (κ2) is 16.2. The zero-order valence-electron chi connectivity index (χ0n) is 24.2. The number of aliphatic carboxylic acids is 1. The first-order valence-corrected chi connectivity index (χ1v) is 14.5. The van der Waals surface area contributed by atoms with Crippen LogP contribution in [-0.4, -0.2) is 54.9 Å². The zero-order valence-corrected chi connectivity index (χ0v) is 25.8. The highest BCUT2D eigenvalue weighted by Crippen LogP contribution is 2.40. The number of benzene rings is 3. The van der Waals surface area contributed by atoms with Crippen molar-refractivity contribution in [2.45, 2.75) is 51.7 Å². The first-order chi connectivity index (χ1) is 20.6. The molecule has 3 aromatic carbocycles. The molecule has 43 heavy (non-hydrogen) atoms. The molecule has 9 nitrogen and oxygen atoms in total. The molecule has 3 aromatic rings. The van der Waals surface area contributed by atoms with Crippen LogP contribution in [0.15, 0.2) is 48.5 Å². The number of methoxy groups -OCH3 is 2. The van der Waals surface area contributed by atoms with Gasteiger partial charge < -0.3 is 29.7 Å². The molecule has 3 N–H and O–H groups in total. The van der Waals surface area contributed by atoms with Crippen LogP contribution in [-0.2, 0) is 22.6 Å². The van der Waals surface area contributed by atoms with E-state index in [1.807, 2.05) is 24.3 Å². The summed E-state index contributed by atoms with van der Waals surface area (Å²) in [6, 6.07) is 11.8. The van der Waals surface area contributed by atoms with E-state index in [-0.39, 0.29) is 27.6 Å². The monoisotopic (exact) mass is 631 g/mol. The molecule has 0 spiro atoms. The van der Waals surface area contributed by atoms with Crippen LogP contribution in [0, 0.1) is 0 Å². The third kappa shape index (κ3) is 9.10. The summed E-state index contributed by atoms with van der Waals surface area (Å²) < 4.78 is 17.2. The van der Waals surface area contributed by atoms with Crippen molar-refractivity contribution < 1.29 is 38.8 Å². The molecular weight excluding hydrogens is 597 g/mol. The standard InChI is InChI=1S/C32H35Cl2NO8/c1-4-5-6-7-12-43-18-20-14-26(41-2)28(27(15-20)42-3)21-10-8-19(9-11-21)13-25(32(39)40)35-30(36)29-23(33)16-22(31(37)38)17-24(29)34/h8-11,14-17,25H,4-7,12-13,18H2,1-3H3,(H,35,36)(H,37,38)(H,39,40). The molecule has 0 aromatic heterocycles. The lowest BCUT2D eigenvalue weighted by molar-refractivity contribution is -0.139. The molecule has 11 heteroatoms. The van der Waals surface area contributed by atoms with Gasteiger partial charge in [-0.2, -0.15) is 0 Å². The van der Waals surface area contributed by atoms with Crippen molar-refractivity contribution in [3.63, 3.8) is 0 Å². The number of hydrogen-bond acceptors (Lipinski definition) is 6. The minimum Gasteiger partial charge on any atom is -0.496 e. The molecule has 0 fully saturated rings. The summed E-state index contributed by atoms with van der Waals surface area (Å²) in [5, 5.41) is 21.0. The number of rotatable bonds is 16. The molecule has 1 unspecified atom stereocenters. The first kappa shape index (κ1) is 33.7. The molecule has 3 rings (SSSR count). The summed E-state index contributed by atoms with van der Waals surface area (Å²) >= 11 is 12.2. The Morgan fingerprint density at radius 3 is 1.98 bits per heavy atom. The summed E-state index contributed by atoms with van der Waals surface area (Å²) in [4.78, 5) is 36.1. The Morgan fingerprint density at radius 1 is 0.860 bits per heavy atom. The predicted octanol–water partition coefficient (Wildman–Crippen LogP) is 6.90. The number of ether oxygens (including phenoxy) is 3. The Morgan fingerprint density at radius 2 is 1.47 bits per heavy atom. The van der Waals surface area contributed by atoms with Crippen molar-refractivity contribution in [1.29, 1.82) is 0 Å². The van der Waals surface area contributed by atoms with E-state index in [9.17, 15) is 19.5 Å². The van der Waals surface area contributed by atoms with Crippen LogP contribution in [0.25, 0.3) is 11.1 Å². The number of amides is 1. The van der Waals surface area contributed by atoms with Gasteiger partial charge in [0, 0.05) is 13.0 Å². The smallest absolute Gasteiger partial charge is 0.335 e. The maximum absolute atomic E-state index is 12.9. The predicted molar refractivity (Wildman–Crippen MR) is 165 cm³/mol. The van der Waals surface area contributed by atoms with Crippen molar-refractivity contribution >= 4 is 41.0 Å². The van der Waals surface area contributed by atoms with Crippen LogP contribution in [0.4, 0.5) is 0 Å². The van der Waals surface area contributed by atoms with Crippen LogP contribution in [0.2, 0.25) is 10.0 Å². The molecule has 0 saturated carbocycles. The summed E-state index contributed by atoms with van der Waals surface area (Å²) in [5.74, 6) is -2.16. The minimum absolute atomic E-state index is 0.0351. The van der Waals surface area contributed by atoms with Crippen LogP contribution in [0.1, 0.15) is 64.4 Å². The summed E-state index contributed by atoms with van der Waals surface area (Å²) in [6.07, 6.45) is 4.48. The molecule has 1 amide bonds. The molecule has 0 aliphatic rings. The van der Waals surface area contributed by atoms with Crippen molar-refractivity contribution in [3.8, 4) is 22.6 Å². The molecule has 0 heterocycles. The molecule has 0 saturated heterocycles. The summed E-state index contributed by atoms with van der Waals surface area (Å²) in [7, 11) is 3.16. The fraction of sp³-hybridized carbons (Fsp3) is 0.344. The van der Waals surface area contributed by atoms with E-state index < -0.39 is 23.9 Å². The molecule has 0 bridgehead atoms. The van der Waals surface area contributed by atoms with Gasteiger partial charge in [-0.05, 0) is 47.4 Å². The second-order valence-corrected chi connectivity index (χ2v) is 10.7. The number of carboxylic acids is 2. The fourth-order valence-electron chi connectivity index (χ4n) is 4.54. The number of carbonyl (C=O) groups is 3. The number of unbranched alkanes of at least 4 members (excludes halogenated alkanes) is 3. The number of carboxylic acid groups (broad SMARTS) is 2. The Hall–Kier alpha value is -3.79. The molecule has 230 valence electrons. The lowest BCUT2D eigenvalue weighted by Gasteiger charge is -2.18. The van der Waals surface area contributed by atoms with Crippen molar-refractivity contribution in [1.82, 2.24) is 5.32 Å². The van der Waals surface area contributed by atoms with Gasteiger partial charge in [-0.15, -0.1) is 0 Å². The van der Waals surface area contributed by atoms with Crippen LogP contribution in [0.3, 0.4) is 0 Å². The van der Waals surface area contributed by atoms with Gasteiger partial charge in [0.25, 0.3) is 5.91 Å². The third-order valence-corrected chi connectivity index (χ3v) is 7.37. The maximum atomic E-state index is 12.9. The van der Waals surface area contributed by atoms with E-state index >= 15 is 0 Å². The Labute approximate surface area is 260 Å². The number of nitrogens with one attached hydrogen (secondary N) is 1. The number of hydrogen-bond donors (Lipinski definition) is 3. The SMILES string of the molecule is CCCCCCOCc1cc(OC)c(-c2ccc(CC(NC(=O)c3c(Cl)cc(C(=O)O)cc3Cl)C(=O)O)cc2)c(OC)c1. The van der Waals surface area contributed by atoms with Crippen LogP contribution >= 0.6 is 23.2 Å². The van der Waals surface area contributed by atoms with Gasteiger partial charge >= 0.3 is 11.9 Å². The second-order valence-electron chi connectivity index (χ2n) is 9.87. The Kier molecular flexibility index (Phi) is 12.7. The zero-order chi connectivity index (χ0) is 31.5. The van der Waals surface area contributed by atoms with Gasteiger partial charge in [0.05, 0.1) is 47.6 Å². The van der Waals surface area contributed by atoms with E-state index in [0.29, 0.717) is 30.3 Å². The Bertz CT molecular complexity index is 1390. The third-order valence-electron chi connectivity index (χ3n) is 6.78. The lowest BCUT2D eigenvalue weighted by Crippen LogP contribution is -2.42. The van der Waals surface area contributed by atoms with E-state index in [4.69, 9.17) is 42.5 Å². The summed E-state index contributed by atoms with van der Waals surface area (Å²) in [5.41, 5.74) is 2.68. The minimum atomic E-state index is -1.31. The Balaban J connectivity index is 1.76. The summed E-state index contributed by atoms with van der Waals surface area (Å²) in [6.45, 7) is 3.28. The number of carbonyl (C=O) groups excluding carboxylic acids is 1. The lowest BCUT2D eigenvalue weighted by atomic mass is 9.98. The van der Waals surface area contributed by atoms with Crippen LogP contribution in [0.5, 0.6) is 11.5 Å². The highest BCUT2D eigenvalue weighted by Gasteiger charge is 2.25. The highest BCUT2D eigenvalue weighted by atomic mass is 35.5. The normalized spacial score (nSPS) is 11.6. The number of halogens is 2. The van der Waals surface area contributed by atoms with E-state index in [2.05, 4.69) is 12.2 Å². The van der Waals surface area contributed by atoms with E-state index in [0.717, 1.165) is 41.7 Å². The first-order valence-electron chi connectivity index (χ1n) is 13.8. The maximum Gasteiger partial charge on any atom is 0.335 e. The van der Waals surface area contributed by atoms with E-state index in [1.165, 1.54) is 12.8 Å². The van der Waals surface area contributed by atoms with Gasteiger partial charge in [-0.25, -0.2) is 9.59 Å². The largest absolute Gasteiger partial charge is 0.496 e. The topological polar surface area (TPSA) is 131 Å². The van der Waals surface area contributed by atoms with Gasteiger partial charge in [-0.1, -0.05) is 73.7 Å². The average molecular weight is 633 g/mol. The fourth-order valence-corrected chi connectivity index (χ4v) is 5.20. The number of aromatic carboxylic acids is 1. The van der Waals surface area contributed by atoms with Gasteiger partial charge in [-0.3, -0.25) is 4.79 Å². The molecule has 0 aliphatic carbocycles. The highest BCUT2D eigenvalue weighted by molar-refractivity contribution is 6.40. The average Bonchev–Trinajstić information content (AvgIpc) is 2.98. The molecule has 0 aliphatic heterocycles. The molecule has 0 radical (unpaired) electrons. The van der Waals surface area contributed by atoms with Gasteiger partial charge in [0.15, 0.2) is 0 Å². The van der Waals surface area contributed by atoms with Crippen molar-refractivity contribution in [3.05, 3.63) is 80.8 Å². The van der Waals surface area contributed by atoms with Crippen molar-refractivity contribution in [2.75, 3.05) is 20.8 Å². The van der Waals surface area contributed by atoms with Crippen molar-refractivity contribution in [2.24, 2.45) is 0 Å².